The largest absolute Gasteiger partial charge is 3.00 e. The third kappa shape index (κ3) is 8.64. The molecule has 3 rings (SSSR count). The topological polar surface area (TPSA) is 226 Å². The van der Waals surface area contributed by atoms with E-state index in [-0.39, 0.29) is 88.7 Å². The third-order valence-electron chi connectivity index (χ3n) is 6.55. The molecule has 3 N–H and O–H groups in total. The molecule has 0 bridgehead atoms. The zero-order valence-electron chi connectivity index (χ0n) is 24.2. The fourth-order valence-electron chi connectivity index (χ4n) is 3.96. The van der Waals surface area contributed by atoms with Crippen LogP contribution < -0.4 is 47.9 Å². The van der Waals surface area contributed by atoms with Gasteiger partial charge in [-0.15, -0.1) is 0 Å². The van der Waals surface area contributed by atoms with Crippen molar-refractivity contribution in [2.45, 2.75) is 0 Å². The second-order valence-corrected chi connectivity index (χ2v) is 9.53. The van der Waals surface area contributed by atoms with Gasteiger partial charge in [0.15, 0.2) is 0 Å². The Morgan fingerprint density at radius 2 is 0.841 bits per heavy atom. The van der Waals surface area contributed by atoms with Gasteiger partial charge in [0.05, 0.1) is 0 Å². The van der Waals surface area contributed by atoms with Gasteiger partial charge in [-0.05, 0) is 35.4 Å². The Hall–Kier alpha value is -4.28. The maximum absolute atomic E-state index is 12.5. The fourth-order valence-corrected chi connectivity index (χ4v) is 3.96. The molecule has 3 heterocycles. The summed E-state index contributed by atoms with van der Waals surface area (Å²) in [5.74, 6) is -5.13. The van der Waals surface area contributed by atoms with Crippen molar-refractivity contribution in [3.63, 3.8) is 0 Å². The van der Waals surface area contributed by atoms with Crippen LogP contribution in [0.1, 0.15) is 31.1 Å². The molecule has 3 aromatic rings. The summed E-state index contributed by atoms with van der Waals surface area (Å²) in [4.78, 5) is 74.8. The maximum Gasteiger partial charge on any atom is 3.00 e. The summed E-state index contributed by atoms with van der Waals surface area (Å²) in [6.45, 7) is 0.506. The van der Waals surface area contributed by atoms with Crippen LogP contribution in [0.4, 0.5) is 0 Å². The minimum absolute atomic E-state index is 0. The SMILES string of the molecule is Cn1ccc(C(=O)NCCN(CCNC(=O)c2ccn(C)c(=O)c2[O-])CCNC(=O)c2ccn(C)c(=O)c2[O-])c([O-])c1=O.[Y+3]. The van der Waals surface area contributed by atoms with Gasteiger partial charge < -0.3 is 45.0 Å². The second kappa shape index (κ2) is 16.0. The van der Waals surface area contributed by atoms with E-state index in [1.165, 1.54) is 57.9 Å². The minimum atomic E-state index is -0.952. The zero-order chi connectivity index (χ0) is 31.8. The van der Waals surface area contributed by atoms with Gasteiger partial charge >= 0.3 is 32.7 Å². The summed E-state index contributed by atoms with van der Waals surface area (Å²) in [6.07, 6.45) is 3.88. The zero-order valence-corrected chi connectivity index (χ0v) is 27.1. The molecule has 230 valence electrons. The van der Waals surface area contributed by atoms with Gasteiger partial charge in [-0.25, -0.2) is 0 Å². The number of hydrogen-bond acceptors (Lipinski definition) is 10. The number of nitrogens with zero attached hydrogens (tertiary/aromatic N) is 4. The van der Waals surface area contributed by atoms with Crippen LogP contribution in [0.15, 0.2) is 51.2 Å². The molecule has 17 heteroatoms. The van der Waals surface area contributed by atoms with E-state index in [4.69, 9.17) is 0 Å². The van der Waals surface area contributed by atoms with Gasteiger partial charge in [0, 0.05) is 95.7 Å². The van der Waals surface area contributed by atoms with E-state index in [0.29, 0.717) is 0 Å². The molecular formula is C27H30N7O9Y. The first-order valence-electron chi connectivity index (χ1n) is 13.0. The predicted molar refractivity (Wildman–Crippen MR) is 147 cm³/mol. The number of aryl methyl sites for hydroxylation is 3. The summed E-state index contributed by atoms with van der Waals surface area (Å²) >= 11 is 0. The van der Waals surface area contributed by atoms with Crippen LogP contribution in [0, 0.1) is 0 Å². The van der Waals surface area contributed by atoms with E-state index in [0.717, 1.165) is 13.7 Å². The van der Waals surface area contributed by atoms with E-state index < -0.39 is 51.6 Å². The van der Waals surface area contributed by atoms with Crippen molar-refractivity contribution in [3.05, 3.63) is 84.5 Å². The maximum atomic E-state index is 12.5. The quantitative estimate of drug-likeness (QED) is 0.167. The van der Waals surface area contributed by atoms with Gasteiger partial charge in [0.2, 0.25) is 16.7 Å². The van der Waals surface area contributed by atoms with Crippen LogP contribution in [-0.2, 0) is 53.9 Å². The number of rotatable bonds is 12. The molecule has 0 aliphatic carbocycles. The number of hydrogen-bond donors (Lipinski definition) is 3. The monoisotopic (exact) mass is 685 g/mol. The van der Waals surface area contributed by atoms with E-state index in [1.54, 1.807) is 4.90 Å². The van der Waals surface area contributed by atoms with Gasteiger partial charge in [0.1, 0.15) is 0 Å². The molecule has 16 nitrogen and oxygen atoms in total. The summed E-state index contributed by atoms with van der Waals surface area (Å²) in [7, 11) is 4.14. The molecule has 0 aliphatic rings. The minimum Gasteiger partial charge on any atom is -0.868 e. The van der Waals surface area contributed by atoms with E-state index >= 15 is 0 Å². The summed E-state index contributed by atoms with van der Waals surface area (Å²) in [5, 5.41) is 44.0. The molecule has 0 aliphatic heterocycles. The molecule has 0 unspecified atom stereocenters. The van der Waals surface area contributed by atoms with Gasteiger partial charge in [-0.2, -0.15) is 0 Å². The summed E-state index contributed by atoms with van der Waals surface area (Å²) in [6, 6.07) is 3.68. The summed E-state index contributed by atoms with van der Waals surface area (Å²) in [5.41, 5.74) is -3.51. The number of aromatic nitrogens is 3. The van der Waals surface area contributed by atoms with Crippen molar-refractivity contribution in [1.82, 2.24) is 34.6 Å². The van der Waals surface area contributed by atoms with Crippen LogP contribution >= 0.6 is 0 Å². The smallest absolute Gasteiger partial charge is 0.868 e. The molecule has 3 aromatic heterocycles. The Morgan fingerprint density at radius 3 is 1.09 bits per heavy atom. The molecule has 0 atom stereocenters. The molecule has 44 heavy (non-hydrogen) atoms. The van der Waals surface area contributed by atoms with E-state index in [2.05, 4.69) is 16.0 Å². The first kappa shape index (κ1) is 35.9. The molecule has 0 radical (unpaired) electrons. The summed E-state index contributed by atoms with van der Waals surface area (Å²) < 4.78 is 3.15. The number of carbonyl (C=O) groups is 3. The molecule has 0 saturated carbocycles. The first-order chi connectivity index (χ1) is 20.3. The van der Waals surface area contributed by atoms with Crippen molar-refractivity contribution >= 4 is 17.7 Å². The van der Waals surface area contributed by atoms with Crippen LogP contribution in [0.25, 0.3) is 0 Å². The van der Waals surface area contributed by atoms with Crippen molar-refractivity contribution < 1.29 is 62.4 Å². The number of carbonyl (C=O) groups excluding carboxylic acids is 3. The molecule has 0 fully saturated rings. The molecular weight excluding hydrogens is 655 g/mol. The Morgan fingerprint density at radius 1 is 0.591 bits per heavy atom. The molecule has 0 saturated heterocycles. The van der Waals surface area contributed by atoms with Crippen LogP contribution in [-0.4, -0.2) is 75.6 Å². The molecule has 0 spiro atoms. The van der Waals surface area contributed by atoms with E-state index in [9.17, 15) is 44.1 Å². The van der Waals surface area contributed by atoms with Crippen molar-refractivity contribution in [1.29, 1.82) is 0 Å². The average molecular weight is 685 g/mol. The van der Waals surface area contributed by atoms with Crippen LogP contribution in [0.3, 0.4) is 0 Å². The van der Waals surface area contributed by atoms with Gasteiger partial charge in [0.25, 0.3) is 17.7 Å². The van der Waals surface area contributed by atoms with Crippen molar-refractivity contribution in [2.75, 3.05) is 39.3 Å². The predicted octanol–water partition coefficient (Wildman–Crippen LogP) is -4.11. The Labute approximate surface area is 275 Å². The Kier molecular flexibility index (Phi) is 13.0. The molecule has 3 amide bonds. The van der Waals surface area contributed by atoms with Gasteiger partial charge in [-0.3, -0.25) is 33.7 Å². The first-order valence-corrected chi connectivity index (χ1v) is 13.0. The van der Waals surface area contributed by atoms with Crippen molar-refractivity contribution in [3.8, 4) is 17.2 Å². The third-order valence-corrected chi connectivity index (χ3v) is 6.55. The molecule has 0 aromatic carbocycles. The normalized spacial score (nSPS) is 10.6. The Balaban J connectivity index is 0.00000675. The van der Waals surface area contributed by atoms with Crippen LogP contribution in [0.5, 0.6) is 17.2 Å². The van der Waals surface area contributed by atoms with E-state index in [1.807, 2.05) is 0 Å². The van der Waals surface area contributed by atoms with Crippen molar-refractivity contribution in [2.24, 2.45) is 21.1 Å². The number of pyridine rings is 3. The second-order valence-electron chi connectivity index (χ2n) is 9.53. The van der Waals surface area contributed by atoms with Crippen LogP contribution in [0.2, 0.25) is 0 Å². The average Bonchev–Trinajstić information content (AvgIpc) is 2.97. The standard InChI is InChI=1S/C27H33N7O9.Y/c1-31-10-4-16(19(35)25(31)41)22(38)28-7-13-34(14-8-29-23(39)17-5-11-32(2)26(42)20(17)36)15-9-30-24(40)18-6-12-33(3)27(43)21(18)37;/h4-6,10-12,35-37H,7-9,13-15H2,1-3H3,(H,28,38)(H,29,39)(H,30,40);/q;+3/p-3. The van der Waals surface area contributed by atoms with Gasteiger partial charge in [-0.1, -0.05) is 0 Å². The number of nitrogens with one attached hydrogen (secondary N) is 3. The Bertz CT molecular complexity index is 1520. The fraction of sp³-hybridized carbons (Fsp3) is 0.333. The number of amides is 3.